The Morgan fingerprint density at radius 1 is 0.947 bits per heavy atom. The van der Waals surface area contributed by atoms with Crippen LogP contribution in [0.1, 0.15) is 39.4 Å². The van der Waals surface area contributed by atoms with E-state index in [2.05, 4.69) is 36.4 Å². The van der Waals surface area contributed by atoms with Gasteiger partial charge in [0.1, 0.15) is 5.69 Å². The molecule has 0 saturated carbocycles. The third-order valence-corrected chi connectivity index (χ3v) is 7.05. The predicted molar refractivity (Wildman–Crippen MR) is 143 cm³/mol. The Hall–Kier alpha value is -4.15. The number of anilines is 1. The molecule has 6 rings (SSSR count). The Kier molecular flexibility index (Phi) is 6.80. The van der Waals surface area contributed by atoms with Crippen molar-refractivity contribution in [2.45, 2.75) is 19.4 Å². The van der Waals surface area contributed by atoms with Gasteiger partial charge in [-0.15, -0.1) is 0 Å². The minimum Gasteiger partial charge on any atom is -0.379 e. The van der Waals surface area contributed by atoms with Crippen LogP contribution in [0.2, 0.25) is 0 Å². The maximum atomic E-state index is 13.1. The lowest BCUT2D eigenvalue weighted by atomic mass is 10.0. The molecule has 0 bridgehead atoms. The van der Waals surface area contributed by atoms with Crippen molar-refractivity contribution < 1.29 is 14.3 Å². The van der Waals surface area contributed by atoms with Crippen molar-refractivity contribution in [3.8, 4) is 11.1 Å². The van der Waals surface area contributed by atoms with E-state index in [0.717, 1.165) is 81.0 Å². The summed E-state index contributed by atoms with van der Waals surface area (Å²) in [4.78, 5) is 38.5. The number of likely N-dealkylation sites (tertiary alicyclic amines) is 1. The summed E-state index contributed by atoms with van der Waals surface area (Å²) in [6.07, 6.45) is 7.28. The minimum atomic E-state index is -0.354. The number of hydrogen-bond acceptors (Lipinski definition) is 7. The van der Waals surface area contributed by atoms with Crippen molar-refractivity contribution in [1.82, 2.24) is 30.0 Å². The second-order valence-electron chi connectivity index (χ2n) is 9.69. The Labute approximate surface area is 220 Å². The van der Waals surface area contributed by atoms with Crippen molar-refractivity contribution in [3.05, 3.63) is 71.9 Å². The second kappa shape index (κ2) is 10.7. The summed E-state index contributed by atoms with van der Waals surface area (Å²) in [5.74, 6) is -0.428. The number of carbonyl (C=O) groups excluding carboxylic acids is 2. The number of morpholine rings is 1. The van der Waals surface area contributed by atoms with Crippen LogP contribution in [0.25, 0.3) is 22.0 Å². The molecule has 2 aliphatic heterocycles. The zero-order chi connectivity index (χ0) is 25.9. The first kappa shape index (κ1) is 24.2. The van der Waals surface area contributed by atoms with Crippen LogP contribution in [0.4, 0.5) is 5.69 Å². The Bertz CT molecular complexity index is 1460. The molecular formula is C28H29N7O3. The van der Waals surface area contributed by atoms with Gasteiger partial charge in [0.05, 0.1) is 30.6 Å². The molecule has 2 N–H and O–H groups in total. The normalized spacial score (nSPS) is 16.2. The molecule has 3 aromatic heterocycles. The third-order valence-electron chi connectivity index (χ3n) is 7.05. The lowest BCUT2D eigenvalue weighted by Gasteiger charge is -2.26. The van der Waals surface area contributed by atoms with Crippen LogP contribution in [0, 0.1) is 0 Å². The summed E-state index contributed by atoms with van der Waals surface area (Å²) in [5, 5.41) is 10.8. The largest absolute Gasteiger partial charge is 0.379 e. The summed E-state index contributed by atoms with van der Waals surface area (Å²) in [6, 6.07) is 11.4. The van der Waals surface area contributed by atoms with E-state index < -0.39 is 0 Å². The van der Waals surface area contributed by atoms with Crippen LogP contribution >= 0.6 is 0 Å². The molecule has 4 aromatic rings. The summed E-state index contributed by atoms with van der Waals surface area (Å²) >= 11 is 0. The van der Waals surface area contributed by atoms with E-state index in [1.807, 2.05) is 35.5 Å². The van der Waals surface area contributed by atoms with Gasteiger partial charge in [-0.05, 0) is 54.3 Å². The van der Waals surface area contributed by atoms with Gasteiger partial charge in [0, 0.05) is 56.1 Å². The van der Waals surface area contributed by atoms with Gasteiger partial charge in [-0.25, -0.2) is 4.98 Å². The number of benzene rings is 1. The lowest BCUT2D eigenvalue weighted by molar-refractivity contribution is 0.0341. The second-order valence-corrected chi connectivity index (χ2v) is 9.69. The molecular weight excluding hydrogens is 482 g/mol. The van der Waals surface area contributed by atoms with Crippen molar-refractivity contribution in [1.29, 1.82) is 0 Å². The van der Waals surface area contributed by atoms with E-state index in [4.69, 9.17) is 4.74 Å². The zero-order valence-electron chi connectivity index (χ0n) is 21.0. The van der Waals surface area contributed by atoms with Crippen LogP contribution in [0.3, 0.4) is 0 Å². The van der Waals surface area contributed by atoms with Crippen LogP contribution in [-0.4, -0.2) is 81.2 Å². The van der Waals surface area contributed by atoms with Gasteiger partial charge in [-0.2, -0.15) is 5.10 Å². The molecule has 0 radical (unpaired) electrons. The standard InChI is InChI=1S/C28H29N7O3/c36-27(31-22-4-6-25(30-17-22)28(37)35-7-1-2-8-35)26-23-14-20(3-5-24(23)32-33-26)21-13-19(15-29-16-21)18-34-9-11-38-12-10-34/h3-6,13-17H,1-2,7-12,18H2,(H,31,36)(H,32,33). The molecule has 0 spiro atoms. The van der Waals surface area contributed by atoms with Gasteiger partial charge >= 0.3 is 0 Å². The van der Waals surface area contributed by atoms with Gasteiger partial charge < -0.3 is 15.0 Å². The fourth-order valence-corrected chi connectivity index (χ4v) is 4.98. The van der Waals surface area contributed by atoms with Gasteiger partial charge in [-0.3, -0.25) is 24.6 Å². The van der Waals surface area contributed by atoms with E-state index in [1.165, 1.54) is 6.20 Å². The number of H-pyrrole nitrogens is 1. The fraction of sp³-hybridized carbons (Fsp3) is 0.321. The number of nitrogens with one attached hydrogen (secondary N) is 2. The molecule has 194 valence electrons. The van der Waals surface area contributed by atoms with Crippen molar-refractivity contribution in [2.75, 3.05) is 44.7 Å². The molecule has 2 amide bonds. The number of ether oxygens (including phenoxy) is 1. The summed E-state index contributed by atoms with van der Waals surface area (Å²) in [6.45, 7) is 5.69. The number of aromatic nitrogens is 4. The summed E-state index contributed by atoms with van der Waals surface area (Å²) in [7, 11) is 0. The molecule has 2 fully saturated rings. The maximum absolute atomic E-state index is 13.1. The van der Waals surface area contributed by atoms with Crippen molar-refractivity contribution in [3.63, 3.8) is 0 Å². The minimum absolute atomic E-state index is 0.0743. The highest BCUT2D eigenvalue weighted by Gasteiger charge is 2.21. The smallest absolute Gasteiger partial charge is 0.276 e. The topological polar surface area (TPSA) is 116 Å². The molecule has 38 heavy (non-hydrogen) atoms. The lowest BCUT2D eigenvalue weighted by Crippen LogP contribution is -2.35. The highest BCUT2D eigenvalue weighted by Crippen LogP contribution is 2.26. The van der Waals surface area contributed by atoms with E-state index in [9.17, 15) is 9.59 Å². The molecule has 2 saturated heterocycles. The summed E-state index contributed by atoms with van der Waals surface area (Å²) < 4.78 is 5.45. The molecule has 0 atom stereocenters. The molecule has 10 heteroatoms. The zero-order valence-corrected chi connectivity index (χ0v) is 21.0. The number of amides is 2. The molecule has 0 unspecified atom stereocenters. The highest BCUT2D eigenvalue weighted by atomic mass is 16.5. The van der Waals surface area contributed by atoms with Crippen molar-refractivity contribution in [2.24, 2.45) is 0 Å². The first-order chi connectivity index (χ1) is 18.6. The molecule has 10 nitrogen and oxygen atoms in total. The maximum Gasteiger partial charge on any atom is 0.276 e. The Morgan fingerprint density at radius 3 is 2.58 bits per heavy atom. The monoisotopic (exact) mass is 511 g/mol. The van der Waals surface area contributed by atoms with Gasteiger partial charge in [0.2, 0.25) is 0 Å². The average Bonchev–Trinajstić information content (AvgIpc) is 3.64. The number of rotatable bonds is 6. The summed E-state index contributed by atoms with van der Waals surface area (Å²) in [5.41, 5.74) is 5.00. The number of hydrogen-bond donors (Lipinski definition) is 2. The quantitative estimate of drug-likeness (QED) is 0.408. The van der Waals surface area contributed by atoms with E-state index in [1.54, 1.807) is 12.1 Å². The van der Waals surface area contributed by atoms with Crippen LogP contribution < -0.4 is 5.32 Å². The van der Waals surface area contributed by atoms with Crippen LogP contribution in [0.5, 0.6) is 0 Å². The van der Waals surface area contributed by atoms with Crippen LogP contribution in [-0.2, 0) is 11.3 Å². The van der Waals surface area contributed by atoms with Gasteiger partial charge in [0.25, 0.3) is 11.8 Å². The third kappa shape index (κ3) is 5.13. The number of carbonyl (C=O) groups is 2. The van der Waals surface area contributed by atoms with Gasteiger partial charge in [-0.1, -0.05) is 6.07 Å². The van der Waals surface area contributed by atoms with E-state index >= 15 is 0 Å². The molecule has 2 aliphatic rings. The highest BCUT2D eigenvalue weighted by molar-refractivity contribution is 6.11. The predicted octanol–water partition coefficient (Wildman–Crippen LogP) is 3.34. The first-order valence-electron chi connectivity index (χ1n) is 12.9. The molecule has 5 heterocycles. The van der Waals surface area contributed by atoms with Crippen LogP contribution in [0.15, 0.2) is 55.0 Å². The molecule has 1 aromatic carbocycles. The van der Waals surface area contributed by atoms with E-state index in [-0.39, 0.29) is 17.5 Å². The number of fused-ring (bicyclic) bond motifs is 1. The first-order valence-corrected chi connectivity index (χ1v) is 12.9. The van der Waals surface area contributed by atoms with Crippen molar-refractivity contribution >= 4 is 28.4 Å². The Balaban J connectivity index is 1.18. The fourth-order valence-electron chi connectivity index (χ4n) is 4.98. The average molecular weight is 512 g/mol. The number of aromatic amines is 1. The van der Waals surface area contributed by atoms with Gasteiger partial charge in [0.15, 0.2) is 5.69 Å². The Morgan fingerprint density at radius 2 is 1.79 bits per heavy atom. The number of nitrogens with zero attached hydrogens (tertiary/aromatic N) is 5. The number of pyridine rings is 2. The van der Waals surface area contributed by atoms with E-state index in [0.29, 0.717) is 16.8 Å². The SMILES string of the molecule is O=C(Nc1ccc(C(=O)N2CCCC2)nc1)c1n[nH]c2ccc(-c3cncc(CN4CCOCC4)c3)cc12. The molecule has 0 aliphatic carbocycles.